The molecule has 1 aromatic rings. The van der Waals surface area contributed by atoms with E-state index in [9.17, 15) is 22.4 Å². The summed E-state index contributed by atoms with van der Waals surface area (Å²) in [5, 5.41) is 0. The van der Waals surface area contributed by atoms with Crippen LogP contribution in [0.3, 0.4) is 0 Å². The molecule has 0 aliphatic carbocycles. The van der Waals surface area contributed by atoms with Crippen molar-refractivity contribution >= 4 is 0 Å². The molecule has 8 heteroatoms. The third kappa shape index (κ3) is 4.98. The minimum Gasteiger partial charge on any atom is -0.367 e. The van der Waals surface area contributed by atoms with Crippen LogP contribution in [0.5, 0.6) is 0 Å². The fraction of sp³-hybridized carbons (Fsp3) is 0.636. The number of nitrogens with zero attached hydrogens (tertiary/aromatic N) is 1. The van der Waals surface area contributed by atoms with Crippen LogP contribution >= 0.6 is 0 Å². The Kier molecular flexibility index (Phi) is 5.46. The van der Waals surface area contributed by atoms with Gasteiger partial charge in [-0.2, -0.15) is 8.78 Å². The second-order valence-electron chi connectivity index (χ2n) is 3.99. The van der Waals surface area contributed by atoms with Crippen molar-refractivity contribution in [2.75, 3.05) is 6.61 Å². The van der Waals surface area contributed by atoms with Crippen molar-refractivity contribution in [3.63, 3.8) is 0 Å². The molecule has 108 valence electrons. The van der Waals surface area contributed by atoms with Crippen LogP contribution in [0.4, 0.5) is 17.6 Å². The first-order chi connectivity index (χ1) is 8.85. The molecule has 0 saturated carbocycles. The lowest BCUT2D eigenvalue weighted by Gasteiger charge is -2.14. The molecule has 0 aliphatic rings. The van der Waals surface area contributed by atoms with Crippen LogP contribution < -0.4 is 5.56 Å². The van der Waals surface area contributed by atoms with E-state index < -0.39 is 31.1 Å². The van der Waals surface area contributed by atoms with Gasteiger partial charge in [-0.25, -0.2) is 13.8 Å². The van der Waals surface area contributed by atoms with Gasteiger partial charge in [-0.3, -0.25) is 4.79 Å². The van der Waals surface area contributed by atoms with E-state index in [1.54, 1.807) is 0 Å². The number of aromatic nitrogens is 2. The van der Waals surface area contributed by atoms with Crippen LogP contribution in [0.1, 0.15) is 24.9 Å². The topological polar surface area (TPSA) is 55.0 Å². The van der Waals surface area contributed by atoms with Crippen molar-refractivity contribution in [3.8, 4) is 0 Å². The Bertz CT molecular complexity index is 462. The average Bonchev–Trinajstić information content (AvgIpc) is 2.28. The predicted molar refractivity (Wildman–Crippen MR) is 59.5 cm³/mol. The first-order valence-electron chi connectivity index (χ1n) is 5.68. The average molecular weight is 282 g/mol. The van der Waals surface area contributed by atoms with Gasteiger partial charge in [0.15, 0.2) is 0 Å². The van der Waals surface area contributed by atoms with Gasteiger partial charge in [-0.05, 0) is 6.42 Å². The summed E-state index contributed by atoms with van der Waals surface area (Å²) in [6.45, 7) is 0.0176. The van der Waals surface area contributed by atoms with Gasteiger partial charge >= 0.3 is 12.3 Å². The van der Waals surface area contributed by atoms with Gasteiger partial charge in [-0.15, -0.1) is 0 Å². The summed E-state index contributed by atoms with van der Waals surface area (Å²) in [7, 11) is 0. The molecule has 0 aliphatic heterocycles. The zero-order chi connectivity index (χ0) is 14.5. The van der Waals surface area contributed by atoms with Gasteiger partial charge in [-0.1, -0.05) is 13.3 Å². The quantitative estimate of drug-likeness (QED) is 0.779. The first-order valence-corrected chi connectivity index (χ1v) is 5.68. The van der Waals surface area contributed by atoms with Crippen molar-refractivity contribution in [3.05, 3.63) is 27.9 Å². The molecule has 0 unspecified atom stereocenters. The first kappa shape index (κ1) is 15.6. The summed E-state index contributed by atoms with van der Waals surface area (Å²) in [5.74, 6) is -4.16. The van der Waals surface area contributed by atoms with E-state index in [4.69, 9.17) is 0 Å². The van der Waals surface area contributed by atoms with Gasteiger partial charge in [0.2, 0.25) is 0 Å². The molecule has 0 aromatic carbocycles. The monoisotopic (exact) mass is 282 g/mol. The molecule has 1 rings (SSSR count). The van der Waals surface area contributed by atoms with Crippen molar-refractivity contribution in [2.24, 2.45) is 0 Å². The molecular formula is C11H14F4N2O2. The van der Waals surface area contributed by atoms with E-state index in [0.717, 1.165) is 6.42 Å². The van der Waals surface area contributed by atoms with Crippen LogP contribution in [-0.2, 0) is 17.8 Å². The van der Waals surface area contributed by atoms with E-state index in [1.807, 2.05) is 6.92 Å². The molecule has 0 saturated heterocycles. The van der Waals surface area contributed by atoms with Crippen LogP contribution in [0.25, 0.3) is 0 Å². The number of aryl methyl sites for hydroxylation is 1. The molecule has 4 nitrogen and oxygen atoms in total. The second kappa shape index (κ2) is 6.65. The van der Waals surface area contributed by atoms with Gasteiger partial charge in [0, 0.05) is 11.8 Å². The predicted octanol–water partition coefficient (Wildman–Crippen LogP) is 2.14. The number of H-pyrrole nitrogens is 1. The molecule has 1 heterocycles. The number of hydrogen-bond acceptors (Lipinski definition) is 3. The lowest BCUT2D eigenvalue weighted by atomic mass is 10.2. The maximum atomic E-state index is 12.6. The molecule has 19 heavy (non-hydrogen) atoms. The molecule has 1 N–H and O–H groups in total. The number of ether oxygens (including phenoxy) is 1. The van der Waals surface area contributed by atoms with Crippen LogP contribution in [0.15, 0.2) is 10.9 Å². The van der Waals surface area contributed by atoms with Gasteiger partial charge in [0.1, 0.15) is 19.0 Å². The third-order valence-corrected chi connectivity index (χ3v) is 2.20. The largest absolute Gasteiger partial charge is 0.367 e. The Labute approximate surface area is 106 Å². The minimum atomic E-state index is -4.21. The van der Waals surface area contributed by atoms with Crippen molar-refractivity contribution in [1.29, 1.82) is 0 Å². The number of rotatable bonds is 7. The Balaban J connectivity index is 2.61. The Hall–Kier alpha value is -1.44. The number of halogens is 4. The Morgan fingerprint density at radius 1 is 1.47 bits per heavy atom. The normalized spacial score (nSPS) is 12.1. The zero-order valence-electron chi connectivity index (χ0n) is 10.3. The number of nitrogens with one attached hydrogen (secondary N) is 1. The van der Waals surface area contributed by atoms with E-state index >= 15 is 0 Å². The smallest absolute Gasteiger partial charge is 0.330 e. The summed E-state index contributed by atoms with van der Waals surface area (Å²) in [6, 6.07) is 1.29. The Morgan fingerprint density at radius 3 is 2.74 bits per heavy atom. The third-order valence-electron chi connectivity index (χ3n) is 2.20. The highest BCUT2D eigenvalue weighted by atomic mass is 19.3. The SMILES string of the molecule is CCCc1cc(=O)[nH]c(COCC(F)(F)C(F)F)n1. The van der Waals surface area contributed by atoms with E-state index in [1.165, 1.54) is 6.07 Å². The number of hydrogen-bond donors (Lipinski definition) is 1. The lowest BCUT2D eigenvalue weighted by Crippen LogP contribution is -2.32. The highest BCUT2D eigenvalue weighted by Crippen LogP contribution is 2.23. The van der Waals surface area contributed by atoms with Gasteiger partial charge in [0.25, 0.3) is 5.56 Å². The molecule has 0 spiro atoms. The lowest BCUT2D eigenvalue weighted by molar-refractivity contribution is -0.168. The van der Waals surface area contributed by atoms with Crippen molar-refractivity contribution < 1.29 is 22.3 Å². The number of alkyl halides is 4. The van der Waals surface area contributed by atoms with E-state index in [0.29, 0.717) is 12.1 Å². The zero-order valence-corrected chi connectivity index (χ0v) is 10.3. The van der Waals surface area contributed by atoms with Crippen molar-refractivity contribution in [2.45, 2.75) is 38.7 Å². The standard InChI is InChI=1S/C11H14F4N2O2/c1-2-3-7-4-9(18)17-8(16-7)5-19-6-11(14,15)10(12)13/h4,10H,2-3,5-6H2,1H3,(H,16,17,18). The van der Waals surface area contributed by atoms with Crippen LogP contribution in [0.2, 0.25) is 0 Å². The molecule has 0 amide bonds. The van der Waals surface area contributed by atoms with Crippen LogP contribution in [-0.4, -0.2) is 28.9 Å². The van der Waals surface area contributed by atoms with E-state index in [2.05, 4.69) is 14.7 Å². The maximum Gasteiger partial charge on any atom is 0.330 e. The second-order valence-corrected chi connectivity index (χ2v) is 3.99. The summed E-state index contributed by atoms with van der Waals surface area (Å²) in [4.78, 5) is 17.5. The molecule has 1 aromatic heterocycles. The Morgan fingerprint density at radius 2 is 2.16 bits per heavy atom. The highest BCUT2D eigenvalue weighted by Gasteiger charge is 2.40. The molecule has 0 bridgehead atoms. The molecule has 0 atom stereocenters. The summed E-state index contributed by atoms with van der Waals surface area (Å²) in [5.41, 5.74) is 0.0724. The maximum absolute atomic E-state index is 12.6. The molecule has 0 fully saturated rings. The van der Waals surface area contributed by atoms with Gasteiger partial charge < -0.3 is 9.72 Å². The number of aromatic amines is 1. The molecule has 0 radical (unpaired) electrons. The van der Waals surface area contributed by atoms with Gasteiger partial charge in [0.05, 0.1) is 0 Å². The molecular weight excluding hydrogens is 268 g/mol. The summed E-state index contributed by atoms with van der Waals surface area (Å²) in [6.07, 6.45) is -2.46. The summed E-state index contributed by atoms with van der Waals surface area (Å²) < 4.78 is 53.3. The fourth-order valence-electron chi connectivity index (χ4n) is 1.36. The summed E-state index contributed by atoms with van der Waals surface area (Å²) >= 11 is 0. The minimum absolute atomic E-state index is 0.0426. The van der Waals surface area contributed by atoms with Crippen molar-refractivity contribution in [1.82, 2.24) is 9.97 Å². The van der Waals surface area contributed by atoms with Crippen LogP contribution in [0, 0.1) is 0 Å². The fourth-order valence-corrected chi connectivity index (χ4v) is 1.36. The van der Waals surface area contributed by atoms with E-state index in [-0.39, 0.29) is 5.82 Å². The highest BCUT2D eigenvalue weighted by molar-refractivity contribution is 5.02.